The van der Waals surface area contributed by atoms with Gasteiger partial charge in [0.15, 0.2) is 11.0 Å². The number of anilines is 2. The van der Waals surface area contributed by atoms with E-state index in [1.165, 1.54) is 6.33 Å². The van der Waals surface area contributed by atoms with Gasteiger partial charge in [0.05, 0.1) is 0 Å². The summed E-state index contributed by atoms with van der Waals surface area (Å²) in [4.78, 5) is 9.91. The summed E-state index contributed by atoms with van der Waals surface area (Å²) >= 11 is 5.75. The number of nitrogen functional groups attached to an aromatic ring is 1. The van der Waals surface area contributed by atoms with Crippen LogP contribution in [0.5, 0.6) is 0 Å². The third kappa shape index (κ3) is 3.89. The molecule has 0 saturated carbocycles. The van der Waals surface area contributed by atoms with Gasteiger partial charge in [-0.05, 0) is 27.1 Å². The van der Waals surface area contributed by atoms with Crippen LogP contribution < -0.4 is 11.1 Å². The maximum Gasteiger partial charge on any atom is 0.157 e. The molecule has 1 aromatic heterocycles. The molecule has 0 spiro atoms. The molecule has 1 rings (SSSR count). The Balaban J connectivity index is 2.41. The molecule has 5 nitrogen and oxygen atoms in total. The molecule has 0 atom stereocenters. The van der Waals surface area contributed by atoms with Gasteiger partial charge in [-0.15, -0.1) is 0 Å². The number of rotatable bonds is 5. The molecule has 15 heavy (non-hydrogen) atoms. The quantitative estimate of drug-likeness (QED) is 0.584. The molecule has 0 bridgehead atoms. The number of nitrogens with zero attached hydrogens (tertiary/aromatic N) is 3. The maximum atomic E-state index is 5.75. The van der Waals surface area contributed by atoms with E-state index in [0.29, 0.717) is 16.7 Å². The summed E-state index contributed by atoms with van der Waals surface area (Å²) in [5.74, 6) is 0.605. The predicted molar refractivity (Wildman–Crippen MR) is 63.1 cm³/mol. The number of nitrogens with two attached hydrogens (primary N) is 1. The summed E-state index contributed by atoms with van der Waals surface area (Å²) in [6.45, 7) is 1.83. The van der Waals surface area contributed by atoms with Crippen molar-refractivity contribution in [1.82, 2.24) is 14.9 Å². The topological polar surface area (TPSA) is 67.1 Å². The second-order valence-corrected chi connectivity index (χ2v) is 3.87. The Kier molecular flexibility index (Phi) is 4.58. The van der Waals surface area contributed by atoms with Gasteiger partial charge in [0.2, 0.25) is 0 Å². The molecule has 0 aliphatic rings. The van der Waals surface area contributed by atoms with Crippen molar-refractivity contribution in [3.8, 4) is 0 Å². The molecule has 0 radical (unpaired) electrons. The van der Waals surface area contributed by atoms with Crippen LogP contribution in [0.1, 0.15) is 6.42 Å². The van der Waals surface area contributed by atoms with Crippen LogP contribution in [0.15, 0.2) is 6.33 Å². The van der Waals surface area contributed by atoms with Crippen molar-refractivity contribution in [1.29, 1.82) is 0 Å². The van der Waals surface area contributed by atoms with Crippen molar-refractivity contribution in [2.45, 2.75) is 6.42 Å². The third-order valence-electron chi connectivity index (χ3n) is 1.91. The van der Waals surface area contributed by atoms with E-state index < -0.39 is 0 Å². The predicted octanol–water partition coefficient (Wildman–Crippen LogP) is 1.08. The molecule has 6 heteroatoms. The fourth-order valence-corrected chi connectivity index (χ4v) is 1.25. The van der Waals surface area contributed by atoms with Gasteiger partial charge in [-0.3, -0.25) is 0 Å². The molecule has 0 aliphatic heterocycles. The van der Waals surface area contributed by atoms with Crippen LogP contribution in [-0.4, -0.2) is 42.1 Å². The van der Waals surface area contributed by atoms with Gasteiger partial charge >= 0.3 is 0 Å². The number of nitrogens with one attached hydrogen (secondary N) is 1. The first-order chi connectivity index (χ1) is 7.11. The molecule has 1 heterocycles. The largest absolute Gasteiger partial charge is 0.393 e. The summed E-state index contributed by atoms with van der Waals surface area (Å²) in [6, 6.07) is 0. The van der Waals surface area contributed by atoms with Crippen LogP contribution in [0.25, 0.3) is 0 Å². The molecule has 0 saturated heterocycles. The highest BCUT2D eigenvalue weighted by atomic mass is 35.5. The van der Waals surface area contributed by atoms with E-state index in [1.54, 1.807) is 0 Å². The van der Waals surface area contributed by atoms with Gasteiger partial charge in [0, 0.05) is 6.54 Å². The summed E-state index contributed by atoms with van der Waals surface area (Å²) in [5, 5.41) is 3.41. The normalized spacial score (nSPS) is 10.7. The van der Waals surface area contributed by atoms with Gasteiger partial charge in [-0.1, -0.05) is 11.6 Å². The molecule has 0 fully saturated rings. The van der Waals surface area contributed by atoms with Gasteiger partial charge in [0.1, 0.15) is 12.0 Å². The summed E-state index contributed by atoms with van der Waals surface area (Å²) in [5.41, 5.74) is 6.10. The first-order valence-electron chi connectivity index (χ1n) is 4.76. The highest BCUT2D eigenvalue weighted by molar-refractivity contribution is 6.32. The Morgan fingerprint density at radius 2 is 2.20 bits per heavy atom. The number of hydrogen-bond donors (Lipinski definition) is 2. The lowest BCUT2D eigenvalue weighted by Gasteiger charge is -2.11. The van der Waals surface area contributed by atoms with Crippen LogP contribution in [-0.2, 0) is 0 Å². The number of aromatic nitrogens is 2. The van der Waals surface area contributed by atoms with E-state index in [2.05, 4.69) is 20.2 Å². The fraction of sp³-hybridized carbons (Fsp3) is 0.556. The lowest BCUT2D eigenvalue weighted by molar-refractivity contribution is 0.405. The first kappa shape index (κ1) is 12.0. The van der Waals surface area contributed by atoms with Crippen LogP contribution in [0.4, 0.5) is 11.5 Å². The van der Waals surface area contributed by atoms with E-state index in [9.17, 15) is 0 Å². The van der Waals surface area contributed by atoms with Crippen molar-refractivity contribution in [2.24, 2.45) is 0 Å². The molecule has 0 unspecified atom stereocenters. The smallest absolute Gasteiger partial charge is 0.157 e. The van der Waals surface area contributed by atoms with Crippen LogP contribution >= 0.6 is 11.6 Å². The average molecular weight is 230 g/mol. The summed E-state index contributed by atoms with van der Waals surface area (Å²) < 4.78 is 0. The van der Waals surface area contributed by atoms with Crippen molar-refractivity contribution < 1.29 is 0 Å². The Labute approximate surface area is 94.6 Å². The number of hydrogen-bond acceptors (Lipinski definition) is 5. The standard InChI is InChI=1S/C9H16ClN5/c1-15(2)5-3-4-12-9-7(11)8(10)13-6-14-9/h6H,3-5,11H2,1-2H3,(H,12,13,14). The zero-order valence-electron chi connectivity index (χ0n) is 9.00. The average Bonchev–Trinajstić information content (AvgIpc) is 2.18. The Bertz CT molecular complexity index is 315. The lowest BCUT2D eigenvalue weighted by atomic mass is 10.4. The van der Waals surface area contributed by atoms with Gasteiger partial charge in [-0.25, -0.2) is 9.97 Å². The molecule has 84 valence electrons. The van der Waals surface area contributed by atoms with Crippen molar-refractivity contribution in [3.63, 3.8) is 0 Å². The van der Waals surface area contributed by atoms with Crippen LogP contribution in [0.3, 0.4) is 0 Å². The highest BCUT2D eigenvalue weighted by Gasteiger charge is 2.04. The van der Waals surface area contributed by atoms with Crippen LogP contribution in [0, 0.1) is 0 Å². The second-order valence-electron chi connectivity index (χ2n) is 3.51. The molecule has 0 aliphatic carbocycles. The monoisotopic (exact) mass is 229 g/mol. The Hall–Kier alpha value is -1.07. The van der Waals surface area contributed by atoms with Crippen molar-refractivity contribution in [3.05, 3.63) is 11.5 Å². The minimum atomic E-state index is 0.292. The van der Waals surface area contributed by atoms with E-state index in [-0.39, 0.29) is 0 Å². The van der Waals surface area contributed by atoms with E-state index in [1.807, 2.05) is 14.1 Å². The molecule has 0 aromatic carbocycles. The zero-order chi connectivity index (χ0) is 11.3. The van der Waals surface area contributed by atoms with E-state index in [4.69, 9.17) is 17.3 Å². The van der Waals surface area contributed by atoms with E-state index >= 15 is 0 Å². The van der Waals surface area contributed by atoms with Gasteiger partial charge < -0.3 is 16.0 Å². The molecule has 3 N–H and O–H groups in total. The lowest BCUT2D eigenvalue weighted by Crippen LogP contribution is -2.17. The summed E-state index contributed by atoms with van der Waals surface area (Å²) in [7, 11) is 4.08. The molecule has 0 amide bonds. The molecular weight excluding hydrogens is 214 g/mol. The Morgan fingerprint density at radius 1 is 1.47 bits per heavy atom. The number of halogens is 1. The minimum Gasteiger partial charge on any atom is -0.393 e. The second kappa shape index (κ2) is 5.72. The molecular formula is C9H16ClN5. The van der Waals surface area contributed by atoms with Gasteiger partial charge in [0.25, 0.3) is 0 Å². The maximum absolute atomic E-state index is 5.75. The molecule has 1 aromatic rings. The van der Waals surface area contributed by atoms with Crippen LogP contribution in [0.2, 0.25) is 5.15 Å². The van der Waals surface area contributed by atoms with Crippen molar-refractivity contribution in [2.75, 3.05) is 38.2 Å². The first-order valence-corrected chi connectivity index (χ1v) is 5.13. The fourth-order valence-electron chi connectivity index (χ4n) is 1.12. The summed E-state index contributed by atoms with van der Waals surface area (Å²) in [6.07, 6.45) is 2.42. The minimum absolute atomic E-state index is 0.292. The SMILES string of the molecule is CN(C)CCCNc1ncnc(Cl)c1N. The zero-order valence-corrected chi connectivity index (χ0v) is 9.75. The third-order valence-corrected chi connectivity index (χ3v) is 2.21. The van der Waals surface area contributed by atoms with E-state index in [0.717, 1.165) is 19.5 Å². The van der Waals surface area contributed by atoms with Crippen molar-refractivity contribution >= 4 is 23.1 Å². The highest BCUT2D eigenvalue weighted by Crippen LogP contribution is 2.21. The Morgan fingerprint density at radius 3 is 2.87 bits per heavy atom. The van der Waals surface area contributed by atoms with Gasteiger partial charge in [-0.2, -0.15) is 0 Å².